The molecule has 1 saturated heterocycles. The third kappa shape index (κ3) is 2.90. The highest BCUT2D eigenvalue weighted by Crippen LogP contribution is 2.37. The fraction of sp³-hybridized carbons (Fsp3) is 0.400. The molecule has 6 heteroatoms. The molecule has 21 heavy (non-hydrogen) atoms. The van der Waals surface area contributed by atoms with Gasteiger partial charge in [-0.25, -0.2) is 0 Å². The number of benzene rings is 1. The molecule has 0 saturated carbocycles. The second-order valence-electron chi connectivity index (χ2n) is 5.26. The van der Waals surface area contributed by atoms with Crippen LogP contribution in [-0.4, -0.2) is 37.0 Å². The fourth-order valence-electron chi connectivity index (χ4n) is 2.72. The molecule has 1 fully saturated rings. The van der Waals surface area contributed by atoms with E-state index in [4.69, 9.17) is 23.2 Å². The zero-order chi connectivity index (χ0) is 15.0. The van der Waals surface area contributed by atoms with E-state index in [0.717, 1.165) is 36.0 Å². The molecular weight excluding hydrogens is 327 g/mol. The SMILES string of the molecule is CNC1CCCN(C(=O)c2sc3cc(Cl)ccc3c2Cl)C1. The topological polar surface area (TPSA) is 32.3 Å². The lowest BCUT2D eigenvalue weighted by atomic mass is 10.1. The number of carbonyl (C=O) groups is 1. The van der Waals surface area contributed by atoms with Crippen LogP contribution in [0.4, 0.5) is 0 Å². The molecule has 3 rings (SSSR count). The summed E-state index contributed by atoms with van der Waals surface area (Å²) in [6, 6.07) is 5.90. The molecule has 2 heterocycles. The van der Waals surface area contributed by atoms with Gasteiger partial charge in [0.05, 0.1) is 5.02 Å². The summed E-state index contributed by atoms with van der Waals surface area (Å²) in [4.78, 5) is 15.2. The highest BCUT2D eigenvalue weighted by molar-refractivity contribution is 7.21. The lowest BCUT2D eigenvalue weighted by molar-refractivity contribution is 0.0703. The van der Waals surface area contributed by atoms with E-state index in [0.29, 0.717) is 21.0 Å². The van der Waals surface area contributed by atoms with E-state index in [9.17, 15) is 4.79 Å². The van der Waals surface area contributed by atoms with Crippen molar-refractivity contribution >= 4 is 50.5 Å². The number of nitrogens with one attached hydrogen (secondary N) is 1. The van der Waals surface area contributed by atoms with Gasteiger partial charge in [-0.15, -0.1) is 11.3 Å². The van der Waals surface area contributed by atoms with E-state index in [2.05, 4.69) is 5.32 Å². The maximum absolute atomic E-state index is 12.7. The van der Waals surface area contributed by atoms with Crippen LogP contribution in [0.25, 0.3) is 10.1 Å². The molecule has 112 valence electrons. The molecule has 1 aliphatic heterocycles. The van der Waals surface area contributed by atoms with Gasteiger partial charge < -0.3 is 10.2 Å². The molecule has 1 atom stereocenters. The van der Waals surface area contributed by atoms with Gasteiger partial charge in [-0.2, -0.15) is 0 Å². The van der Waals surface area contributed by atoms with E-state index >= 15 is 0 Å². The average molecular weight is 343 g/mol. The number of amides is 1. The standard InChI is InChI=1S/C15H16Cl2N2OS/c1-18-10-3-2-6-19(8-10)15(20)14-13(17)11-5-4-9(16)7-12(11)21-14/h4-5,7,10,18H,2-3,6,8H2,1H3. The number of thiophene rings is 1. The maximum atomic E-state index is 12.7. The fourth-order valence-corrected chi connectivity index (χ4v) is 4.47. The summed E-state index contributed by atoms with van der Waals surface area (Å²) in [6.07, 6.45) is 2.13. The summed E-state index contributed by atoms with van der Waals surface area (Å²) in [7, 11) is 1.94. The number of nitrogens with zero attached hydrogens (tertiary/aromatic N) is 1. The minimum atomic E-state index is 0.0253. The van der Waals surface area contributed by atoms with Crippen molar-refractivity contribution in [3.05, 3.63) is 33.1 Å². The van der Waals surface area contributed by atoms with Gasteiger partial charge in [0, 0.05) is 34.2 Å². The summed E-state index contributed by atoms with van der Waals surface area (Å²) in [5.41, 5.74) is 0. The van der Waals surface area contributed by atoms with Gasteiger partial charge in [-0.05, 0) is 32.0 Å². The van der Waals surface area contributed by atoms with Crippen LogP contribution in [-0.2, 0) is 0 Å². The first kappa shape index (κ1) is 15.1. The summed E-state index contributed by atoms with van der Waals surface area (Å²) >= 11 is 13.8. The second kappa shape index (κ2) is 6.13. The van der Waals surface area contributed by atoms with Crippen molar-refractivity contribution in [1.29, 1.82) is 0 Å². The first-order valence-corrected chi connectivity index (χ1v) is 8.51. The quantitative estimate of drug-likeness (QED) is 0.893. The predicted molar refractivity (Wildman–Crippen MR) is 89.8 cm³/mol. The molecular formula is C15H16Cl2N2OS. The Balaban J connectivity index is 1.92. The van der Waals surface area contributed by atoms with Gasteiger partial charge in [0.2, 0.25) is 0 Å². The highest BCUT2D eigenvalue weighted by Gasteiger charge is 2.27. The summed E-state index contributed by atoms with van der Waals surface area (Å²) in [6.45, 7) is 1.53. The van der Waals surface area contributed by atoms with Crippen LogP contribution < -0.4 is 5.32 Å². The first-order valence-electron chi connectivity index (χ1n) is 6.94. The molecule has 1 aromatic heterocycles. The van der Waals surface area contributed by atoms with Crippen LogP contribution in [0.3, 0.4) is 0 Å². The van der Waals surface area contributed by atoms with Crippen molar-refractivity contribution in [2.45, 2.75) is 18.9 Å². The molecule has 1 amide bonds. The molecule has 0 aliphatic carbocycles. The Bertz CT molecular complexity index is 686. The van der Waals surface area contributed by atoms with Gasteiger partial charge >= 0.3 is 0 Å². The predicted octanol–water partition coefficient (Wildman–Crippen LogP) is 4.03. The normalized spacial score (nSPS) is 19.2. The van der Waals surface area contributed by atoms with E-state index in [1.54, 1.807) is 6.07 Å². The monoisotopic (exact) mass is 342 g/mol. The molecule has 0 spiro atoms. The molecule has 1 unspecified atom stereocenters. The van der Waals surface area contributed by atoms with Crippen LogP contribution in [0.1, 0.15) is 22.5 Å². The third-order valence-corrected chi connectivity index (χ3v) is 5.78. The summed E-state index contributed by atoms with van der Waals surface area (Å²) in [5, 5.41) is 5.35. The zero-order valence-electron chi connectivity index (χ0n) is 11.7. The van der Waals surface area contributed by atoms with Crippen LogP contribution in [0.2, 0.25) is 10.0 Å². The Morgan fingerprint density at radius 1 is 1.43 bits per heavy atom. The summed E-state index contributed by atoms with van der Waals surface area (Å²) < 4.78 is 0.957. The highest BCUT2D eigenvalue weighted by atomic mass is 35.5. The number of halogens is 2. The molecule has 1 aromatic carbocycles. The van der Waals surface area contributed by atoms with Gasteiger partial charge in [0.15, 0.2) is 0 Å². The third-order valence-electron chi connectivity index (χ3n) is 3.90. The Kier molecular flexibility index (Phi) is 4.41. The molecule has 0 bridgehead atoms. The number of likely N-dealkylation sites (N-methyl/N-ethyl adjacent to an activating group) is 1. The van der Waals surface area contributed by atoms with Crippen molar-refractivity contribution < 1.29 is 4.79 Å². The van der Waals surface area contributed by atoms with Crippen LogP contribution in [0.15, 0.2) is 18.2 Å². The number of hydrogen-bond donors (Lipinski definition) is 1. The van der Waals surface area contributed by atoms with E-state index in [-0.39, 0.29) is 5.91 Å². The molecule has 2 aromatic rings. The number of carbonyl (C=O) groups excluding carboxylic acids is 1. The Hall–Kier alpha value is -0.810. The van der Waals surface area contributed by atoms with E-state index in [1.807, 2.05) is 24.1 Å². The lowest BCUT2D eigenvalue weighted by Crippen LogP contribution is -2.46. The van der Waals surface area contributed by atoms with Gasteiger partial charge in [-0.3, -0.25) is 4.79 Å². The maximum Gasteiger partial charge on any atom is 0.265 e. The van der Waals surface area contributed by atoms with Gasteiger partial charge in [0.25, 0.3) is 5.91 Å². The number of piperidine rings is 1. The van der Waals surface area contributed by atoms with E-state index < -0.39 is 0 Å². The van der Waals surface area contributed by atoms with Crippen molar-refractivity contribution in [1.82, 2.24) is 10.2 Å². The first-order chi connectivity index (χ1) is 10.1. The number of rotatable bonds is 2. The van der Waals surface area contributed by atoms with E-state index in [1.165, 1.54) is 11.3 Å². The van der Waals surface area contributed by atoms with Crippen molar-refractivity contribution in [2.24, 2.45) is 0 Å². The van der Waals surface area contributed by atoms with Gasteiger partial charge in [-0.1, -0.05) is 29.3 Å². The Labute approximate surface area is 137 Å². The van der Waals surface area contributed by atoms with Crippen LogP contribution >= 0.6 is 34.5 Å². The van der Waals surface area contributed by atoms with Gasteiger partial charge in [0.1, 0.15) is 4.88 Å². The van der Waals surface area contributed by atoms with Crippen molar-refractivity contribution in [2.75, 3.05) is 20.1 Å². The molecule has 3 nitrogen and oxygen atoms in total. The number of hydrogen-bond acceptors (Lipinski definition) is 3. The minimum Gasteiger partial charge on any atom is -0.336 e. The largest absolute Gasteiger partial charge is 0.336 e. The zero-order valence-corrected chi connectivity index (χ0v) is 14.0. The molecule has 1 N–H and O–H groups in total. The van der Waals surface area contributed by atoms with Crippen LogP contribution in [0.5, 0.6) is 0 Å². The van der Waals surface area contributed by atoms with Crippen LogP contribution in [0, 0.1) is 0 Å². The molecule has 1 aliphatic rings. The number of fused-ring (bicyclic) bond motifs is 1. The minimum absolute atomic E-state index is 0.0253. The second-order valence-corrected chi connectivity index (χ2v) is 7.13. The number of likely N-dealkylation sites (tertiary alicyclic amines) is 1. The Morgan fingerprint density at radius 2 is 2.24 bits per heavy atom. The lowest BCUT2D eigenvalue weighted by Gasteiger charge is -2.32. The molecule has 0 radical (unpaired) electrons. The summed E-state index contributed by atoms with van der Waals surface area (Å²) in [5.74, 6) is 0.0253. The van der Waals surface area contributed by atoms with Crippen molar-refractivity contribution in [3.8, 4) is 0 Å². The van der Waals surface area contributed by atoms with Crippen molar-refractivity contribution in [3.63, 3.8) is 0 Å². The average Bonchev–Trinajstić information content (AvgIpc) is 2.83. The smallest absolute Gasteiger partial charge is 0.265 e. The Morgan fingerprint density at radius 3 is 3.00 bits per heavy atom.